The van der Waals surface area contributed by atoms with Gasteiger partial charge in [-0.05, 0) is 13.3 Å². The van der Waals surface area contributed by atoms with Crippen LogP contribution in [-0.2, 0) is 11.2 Å². The first-order valence-electron chi connectivity index (χ1n) is 4.54. The van der Waals surface area contributed by atoms with Crippen LogP contribution in [0.2, 0.25) is 0 Å². The van der Waals surface area contributed by atoms with E-state index >= 15 is 0 Å². The normalized spacial score (nSPS) is 10.1. The summed E-state index contributed by atoms with van der Waals surface area (Å²) in [7, 11) is 1.64. The number of carbonyl (C=O) groups is 1. The summed E-state index contributed by atoms with van der Waals surface area (Å²) in [6, 6.07) is 0. The van der Waals surface area contributed by atoms with E-state index in [1.165, 1.54) is 4.88 Å². The number of hydrogen-bond acceptors (Lipinski definition) is 4. The summed E-state index contributed by atoms with van der Waals surface area (Å²) in [4.78, 5) is 16.3. The number of thiazole rings is 1. The second-order valence-electron chi connectivity index (χ2n) is 2.96. The van der Waals surface area contributed by atoms with Crippen molar-refractivity contribution in [3.8, 4) is 0 Å². The van der Waals surface area contributed by atoms with Gasteiger partial charge in [0.05, 0.1) is 17.7 Å². The Labute approximate surface area is 87.7 Å². The third-order valence-electron chi connectivity index (χ3n) is 1.94. The molecule has 0 spiro atoms. The van der Waals surface area contributed by atoms with Crippen molar-refractivity contribution in [3.63, 3.8) is 0 Å². The highest BCUT2D eigenvalue weighted by molar-refractivity contribution is 7.09. The summed E-state index contributed by atoms with van der Waals surface area (Å²) >= 11 is 1.66. The van der Waals surface area contributed by atoms with Crippen LogP contribution in [0.15, 0.2) is 5.51 Å². The van der Waals surface area contributed by atoms with Gasteiger partial charge in [0.15, 0.2) is 0 Å². The Balaban J connectivity index is 2.16. The van der Waals surface area contributed by atoms with E-state index < -0.39 is 0 Å². The molecular weight excluding hydrogens is 198 g/mol. The third-order valence-corrected chi connectivity index (χ3v) is 2.93. The largest absolute Gasteiger partial charge is 0.358 e. The molecule has 14 heavy (non-hydrogen) atoms. The van der Waals surface area contributed by atoms with Crippen LogP contribution in [0.3, 0.4) is 0 Å². The molecule has 0 aliphatic carbocycles. The third kappa shape index (κ3) is 3.43. The van der Waals surface area contributed by atoms with Crippen LogP contribution < -0.4 is 10.6 Å². The average molecular weight is 213 g/mol. The number of nitrogens with one attached hydrogen (secondary N) is 2. The minimum atomic E-state index is 0.0195. The highest BCUT2D eigenvalue weighted by atomic mass is 32.1. The van der Waals surface area contributed by atoms with Crippen LogP contribution in [0.1, 0.15) is 10.6 Å². The van der Waals surface area contributed by atoms with Crippen molar-refractivity contribution in [2.75, 3.05) is 20.1 Å². The molecule has 1 amide bonds. The first-order chi connectivity index (χ1) is 6.74. The summed E-state index contributed by atoms with van der Waals surface area (Å²) < 4.78 is 0. The number of nitrogens with zero attached hydrogens (tertiary/aromatic N) is 1. The smallest absolute Gasteiger partial charge is 0.233 e. The molecule has 1 heterocycles. The second kappa shape index (κ2) is 5.72. The van der Waals surface area contributed by atoms with E-state index in [-0.39, 0.29) is 5.91 Å². The Hall–Kier alpha value is -0.940. The molecule has 0 unspecified atom stereocenters. The van der Waals surface area contributed by atoms with E-state index in [9.17, 15) is 4.79 Å². The molecule has 1 rings (SSSR count). The van der Waals surface area contributed by atoms with Crippen molar-refractivity contribution >= 4 is 17.2 Å². The Morgan fingerprint density at radius 3 is 3.00 bits per heavy atom. The van der Waals surface area contributed by atoms with Crippen molar-refractivity contribution in [3.05, 3.63) is 16.1 Å². The predicted octanol–water partition coefficient (Wildman–Crippen LogP) is 0.330. The first kappa shape index (κ1) is 11.1. The van der Waals surface area contributed by atoms with Gasteiger partial charge in [-0.1, -0.05) is 0 Å². The lowest BCUT2D eigenvalue weighted by Gasteiger charge is -2.02. The van der Waals surface area contributed by atoms with Crippen molar-refractivity contribution in [2.45, 2.75) is 13.3 Å². The zero-order valence-corrected chi connectivity index (χ0v) is 9.28. The molecule has 5 heteroatoms. The van der Waals surface area contributed by atoms with Gasteiger partial charge in [0, 0.05) is 18.5 Å². The minimum Gasteiger partial charge on any atom is -0.358 e. The number of rotatable bonds is 5. The van der Waals surface area contributed by atoms with Crippen LogP contribution in [0.5, 0.6) is 0 Å². The highest BCUT2D eigenvalue weighted by Crippen LogP contribution is 2.11. The molecule has 0 atom stereocenters. The van der Waals surface area contributed by atoms with Crippen LogP contribution in [-0.4, -0.2) is 31.0 Å². The molecule has 0 saturated heterocycles. The van der Waals surface area contributed by atoms with Crippen molar-refractivity contribution in [2.24, 2.45) is 0 Å². The topological polar surface area (TPSA) is 54.0 Å². The number of aromatic nitrogens is 1. The van der Waals surface area contributed by atoms with Crippen LogP contribution in [0, 0.1) is 6.92 Å². The van der Waals surface area contributed by atoms with E-state index in [0.717, 1.165) is 18.7 Å². The predicted molar refractivity (Wildman–Crippen MR) is 57.5 cm³/mol. The summed E-state index contributed by atoms with van der Waals surface area (Å²) in [5.74, 6) is 0.0195. The molecule has 0 radical (unpaired) electrons. The molecule has 0 bridgehead atoms. The summed E-state index contributed by atoms with van der Waals surface area (Å²) in [6.45, 7) is 3.20. The molecule has 0 aliphatic rings. The van der Waals surface area contributed by atoms with Gasteiger partial charge >= 0.3 is 0 Å². The van der Waals surface area contributed by atoms with E-state index in [1.807, 2.05) is 12.4 Å². The highest BCUT2D eigenvalue weighted by Gasteiger charge is 2.01. The Morgan fingerprint density at radius 2 is 2.43 bits per heavy atom. The maximum absolute atomic E-state index is 10.9. The molecule has 2 N–H and O–H groups in total. The molecule has 1 aromatic rings. The molecule has 0 saturated carbocycles. The van der Waals surface area contributed by atoms with Gasteiger partial charge in [0.1, 0.15) is 0 Å². The maximum Gasteiger partial charge on any atom is 0.233 e. The van der Waals surface area contributed by atoms with Crippen LogP contribution in [0.4, 0.5) is 0 Å². The van der Waals surface area contributed by atoms with Gasteiger partial charge in [0.2, 0.25) is 5.91 Å². The lowest BCUT2D eigenvalue weighted by molar-refractivity contribution is -0.119. The first-order valence-corrected chi connectivity index (χ1v) is 5.42. The number of aryl methyl sites for hydroxylation is 1. The lowest BCUT2D eigenvalue weighted by atomic mass is 10.3. The monoisotopic (exact) mass is 213 g/mol. The van der Waals surface area contributed by atoms with Crippen molar-refractivity contribution < 1.29 is 4.79 Å². The number of hydrogen-bond donors (Lipinski definition) is 2. The van der Waals surface area contributed by atoms with Gasteiger partial charge in [-0.3, -0.25) is 4.79 Å². The maximum atomic E-state index is 10.9. The summed E-state index contributed by atoms with van der Waals surface area (Å²) in [5.41, 5.74) is 2.94. The summed E-state index contributed by atoms with van der Waals surface area (Å²) in [6.07, 6.45) is 0.938. The Kier molecular flexibility index (Phi) is 4.55. The van der Waals surface area contributed by atoms with Gasteiger partial charge in [-0.25, -0.2) is 4.98 Å². The van der Waals surface area contributed by atoms with Gasteiger partial charge in [-0.15, -0.1) is 11.3 Å². The van der Waals surface area contributed by atoms with Crippen molar-refractivity contribution in [1.82, 2.24) is 15.6 Å². The van der Waals surface area contributed by atoms with Crippen LogP contribution >= 0.6 is 11.3 Å². The van der Waals surface area contributed by atoms with Gasteiger partial charge in [0.25, 0.3) is 0 Å². The fourth-order valence-corrected chi connectivity index (χ4v) is 1.84. The van der Waals surface area contributed by atoms with Gasteiger partial charge < -0.3 is 10.6 Å². The molecule has 0 aliphatic heterocycles. The zero-order valence-electron chi connectivity index (χ0n) is 8.46. The SMILES string of the molecule is CNC(=O)CNCCc1scnc1C. The van der Waals surface area contributed by atoms with E-state index in [0.29, 0.717) is 6.54 Å². The molecular formula is C9H15N3OS. The number of carbonyl (C=O) groups excluding carboxylic acids is 1. The van der Waals surface area contributed by atoms with E-state index in [4.69, 9.17) is 0 Å². The lowest BCUT2D eigenvalue weighted by Crippen LogP contribution is -2.32. The van der Waals surface area contributed by atoms with Gasteiger partial charge in [-0.2, -0.15) is 0 Å². The molecule has 0 fully saturated rings. The molecule has 0 aromatic carbocycles. The quantitative estimate of drug-likeness (QED) is 0.693. The Morgan fingerprint density at radius 1 is 1.64 bits per heavy atom. The molecule has 1 aromatic heterocycles. The number of likely N-dealkylation sites (N-methyl/N-ethyl adjacent to an activating group) is 1. The van der Waals surface area contributed by atoms with E-state index in [1.54, 1.807) is 18.4 Å². The van der Waals surface area contributed by atoms with Crippen molar-refractivity contribution in [1.29, 1.82) is 0 Å². The molecule has 78 valence electrons. The second-order valence-corrected chi connectivity index (χ2v) is 3.90. The fraction of sp³-hybridized carbons (Fsp3) is 0.556. The minimum absolute atomic E-state index is 0.0195. The molecule has 4 nitrogen and oxygen atoms in total. The fourth-order valence-electron chi connectivity index (χ4n) is 1.06. The van der Waals surface area contributed by atoms with E-state index in [2.05, 4.69) is 15.6 Å². The van der Waals surface area contributed by atoms with Crippen LogP contribution in [0.25, 0.3) is 0 Å². The summed E-state index contributed by atoms with van der Waals surface area (Å²) in [5, 5.41) is 5.63. The average Bonchev–Trinajstić information content (AvgIpc) is 2.58. The number of amides is 1. The zero-order chi connectivity index (χ0) is 10.4. The Bertz CT molecular complexity index is 298. The standard InChI is InChI=1S/C9H15N3OS/c1-7-8(14-6-12-7)3-4-11-5-9(13)10-2/h6,11H,3-5H2,1-2H3,(H,10,13).